The number of aromatic amines is 2. The van der Waals surface area contributed by atoms with Gasteiger partial charge in [-0.1, -0.05) is 12.1 Å². The molecule has 9 heteroatoms. The Morgan fingerprint density at radius 1 is 1.12 bits per heavy atom. The zero-order valence-corrected chi connectivity index (χ0v) is 14.7. The Bertz CT molecular complexity index is 1120. The largest absolute Gasteiger partial charge is 0.486 e. The summed E-state index contributed by atoms with van der Waals surface area (Å²) in [5.41, 5.74) is 0.613. The van der Waals surface area contributed by atoms with E-state index in [1.165, 1.54) is 23.5 Å². The van der Waals surface area contributed by atoms with Crippen LogP contribution in [0.1, 0.15) is 0 Å². The number of hydrogen-bond donors (Lipinski definition) is 2. The second-order valence-electron chi connectivity index (χ2n) is 6.07. The monoisotopic (exact) mass is 375 g/mol. The standard InChI is InChI=1S/C17H17N3O5S/c1-20(9-11-10-24-15-4-2-3-5-16(15)25-11)26(22,23)12-6-7-13-14(8-12)19-17(21)18-13/h2-8,11H,9-10H2,1H3,(H2,18,19,21)/t11-/m0/s1. The maximum Gasteiger partial charge on any atom is 0.323 e. The van der Waals surface area contributed by atoms with E-state index in [1.54, 1.807) is 18.2 Å². The molecule has 0 spiro atoms. The lowest BCUT2D eigenvalue weighted by Crippen LogP contribution is -2.41. The summed E-state index contributed by atoms with van der Waals surface area (Å²) in [6.07, 6.45) is -0.416. The maximum atomic E-state index is 12.8. The van der Waals surface area contributed by atoms with Gasteiger partial charge in [0, 0.05) is 7.05 Å². The zero-order chi connectivity index (χ0) is 18.3. The number of nitrogens with one attached hydrogen (secondary N) is 2. The van der Waals surface area contributed by atoms with E-state index < -0.39 is 16.1 Å². The first kappa shape index (κ1) is 16.7. The van der Waals surface area contributed by atoms with Crippen molar-refractivity contribution in [3.05, 3.63) is 52.9 Å². The fourth-order valence-corrected chi connectivity index (χ4v) is 4.12. The Labute approximate surface area is 149 Å². The third-order valence-corrected chi connectivity index (χ3v) is 6.04. The maximum absolute atomic E-state index is 12.8. The van der Waals surface area contributed by atoms with Crippen LogP contribution in [0.2, 0.25) is 0 Å². The van der Waals surface area contributed by atoms with Gasteiger partial charge in [0.2, 0.25) is 10.0 Å². The number of imidazole rings is 1. The van der Waals surface area contributed by atoms with E-state index >= 15 is 0 Å². The Kier molecular flexibility index (Phi) is 3.97. The third kappa shape index (κ3) is 2.95. The van der Waals surface area contributed by atoms with Crippen molar-refractivity contribution in [1.29, 1.82) is 0 Å². The molecule has 26 heavy (non-hydrogen) atoms. The van der Waals surface area contributed by atoms with Crippen molar-refractivity contribution >= 4 is 21.1 Å². The van der Waals surface area contributed by atoms with Crippen LogP contribution < -0.4 is 15.2 Å². The van der Waals surface area contributed by atoms with Crippen LogP contribution in [0.15, 0.2) is 52.2 Å². The van der Waals surface area contributed by atoms with Crippen LogP contribution in [-0.4, -0.2) is 49.0 Å². The minimum atomic E-state index is -3.74. The van der Waals surface area contributed by atoms with Gasteiger partial charge in [-0.3, -0.25) is 0 Å². The minimum absolute atomic E-state index is 0.0971. The topological polar surface area (TPSA) is 104 Å². The summed E-state index contributed by atoms with van der Waals surface area (Å²) in [7, 11) is -2.25. The molecule has 1 aliphatic heterocycles. The number of H-pyrrole nitrogens is 2. The van der Waals surface area contributed by atoms with E-state index in [-0.39, 0.29) is 23.7 Å². The molecule has 136 valence electrons. The molecule has 1 atom stereocenters. The average Bonchev–Trinajstić information content (AvgIpc) is 3.00. The number of benzene rings is 2. The molecular weight excluding hydrogens is 358 g/mol. The zero-order valence-electron chi connectivity index (χ0n) is 13.9. The molecule has 4 rings (SSSR count). The van der Waals surface area contributed by atoms with Crippen molar-refractivity contribution in [2.24, 2.45) is 0 Å². The summed E-state index contributed by atoms with van der Waals surface area (Å²) in [4.78, 5) is 16.6. The van der Waals surface area contributed by atoms with Crippen LogP contribution in [0, 0.1) is 0 Å². The Balaban J connectivity index is 1.54. The molecule has 2 N–H and O–H groups in total. The van der Waals surface area contributed by atoms with E-state index in [0.717, 1.165) is 0 Å². The van der Waals surface area contributed by atoms with E-state index in [4.69, 9.17) is 9.47 Å². The summed E-state index contributed by atoms with van der Waals surface area (Å²) >= 11 is 0. The van der Waals surface area contributed by atoms with Gasteiger partial charge in [0.15, 0.2) is 11.5 Å². The lowest BCUT2D eigenvalue weighted by Gasteiger charge is -2.29. The van der Waals surface area contributed by atoms with Gasteiger partial charge in [-0.15, -0.1) is 0 Å². The molecule has 1 aliphatic rings. The SMILES string of the molecule is CN(C[C@H]1COc2ccccc2O1)S(=O)(=O)c1ccc2[nH]c(=O)[nH]c2c1. The van der Waals surface area contributed by atoms with Crippen molar-refractivity contribution in [1.82, 2.24) is 14.3 Å². The summed E-state index contributed by atoms with van der Waals surface area (Å²) in [5, 5.41) is 0. The number of para-hydroxylation sites is 2. The van der Waals surface area contributed by atoms with Crippen LogP contribution in [0.4, 0.5) is 0 Å². The third-order valence-electron chi connectivity index (χ3n) is 4.22. The van der Waals surface area contributed by atoms with Crippen molar-refractivity contribution in [2.75, 3.05) is 20.2 Å². The Hall–Kier alpha value is -2.78. The number of rotatable bonds is 4. The molecule has 0 saturated heterocycles. The number of ether oxygens (including phenoxy) is 2. The van der Waals surface area contributed by atoms with E-state index in [1.807, 2.05) is 12.1 Å². The summed E-state index contributed by atoms with van der Waals surface area (Å²) in [6, 6.07) is 11.7. The van der Waals surface area contributed by atoms with Gasteiger partial charge in [0.1, 0.15) is 12.7 Å². The molecule has 0 saturated carbocycles. The molecule has 2 heterocycles. The van der Waals surface area contributed by atoms with Crippen molar-refractivity contribution in [3.8, 4) is 11.5 Å². The quantitative estimate of drug-likeness (QED) is 0.716. The highest BCUT2D eigenvalue weighted by atomic mass is 32.2. The lowest BCUT2D eigenvalue weighted by molar-refractivity contribution is 0.0798. The van der Waals surface area contributed by atoms with Gasteiger partial charge >= 0.3 is 5.69 Å². The van der Waals surface area contributed by atoms with E-state index in [9.17, 15) is 13.2 Å². The predicted molar refractivity (Wildman–Crippen MR) is 95.1 cm³/mol. The smallest absolute Gasteiger partial charge is 0.323 e. The average molecular weight is 375 g/mol. The summed E-state index contributed by atoms with van der Waals surface area (Å²) in [6.45, 7) is 0.402. The molecule has 0 amide bonds. The molecule has 0 fully saturated rings. The Morgan fingerprint density at radius 2 is 1.85 bits per heavy atom. The van der Waals surface area contributed by atoms with Crippen LogP contribution in [0.5, 0.6) is 11.5 Å². The second-order valence-corrected chi connectivity index (χ2v) is 8.11. The molecule has 1 aromatic heterocycles. The fourth-order valence-electron chi connectivity index (χ4n) is 2.89. The molecule has 8 nitrogen and oxygen atoms in total. The first-order valence-electron chi connectivity index (χ1n) is 8.00. The number of likely N-dealkylation sites (N-methyl/N-ethyl adjacent to an activating group) is 1. The van der Waals surface area contributed by atoms with Crippen molar-refractivity contribution < 1.29 is 17.9 Å². The molecule has 0 aliphatic carbocycles. The van der Waals surface area contributed by atoms with Crippen molar-refractivity contribution in [3.63, 3.8) is 0 Å². The van der Waals surface area contributed by atoms with Crippen LogP contribution in [-0.2, 0) is 10.0 Å². The highest BCUT2D eigenvalue weighted by Crippen LogP contribution is 2.31. The van der Waals surface area contributed by atoms with Crippen LogP contribution >= 0.6 is 0 Å². The van der Waals surface area contributed by atoms with Gasteiger partial charge in [0.05, 0.1) is 22.5 Å². The predicted octanol–water partition coefficient (Wildman–Crippen LogP) is 1.32. The second kappa shape index (κ2) is 6.19. The summed E-state index contributed by atoms with van der Waals surface area (Å²) in [5.74, 6) is 1.25. The van der Waals surface area contributed by atoms with Gasteiger partial charge in [-0.2, -0.15) is 4.31 Å². The fraction of sp³-hybridized carbons (Fsp3) is 0.235. The molecule has 0 bridgehead atoms. The van der Waals surface area contributed by atoms with Gasteiger partial charge in [0.25, 0.3) is 0 Å². The van der Waals surface area contributed by atoms with E-state index in [0.29, 0.717) is 22.5 Å². The molecule has 2 aromatic carbocycles. The Morgan fingerprint density at radius 3 is 2.65 bits per heavy atom. The van der Waals surface area contributed by atoms with Gasteiger partial charge in [-0.05, 0) is 30.3 Å². The number of hydrogen-bond acceptors (Lipinski definition) is 5. The highest BCUT2D eigenvalue weighted by molar-refractivity contribution is 7.89. The minimum Gasteiger partial charge on any atom is -0.486 e. The first-order chi connectivity index (χ1) is 12.4. The van der Waals surface area contributed by atoms with Gasteiger partial charge in [-0.25, -0.2) is 13.2 Å². The molecule has 0 radical (unpaired) electrons. The molecule has 3 aromatic rings. The number of sulfonamides is 1. The normalized spacial score (nSPS) is 16.9. The van der Waals surface area contributed by atoms with Crippen LogP contribution in [0.25, 0.3) is 11.0 Å². The number of nitrogens with zero attached hydrogens (tertiary/aromatic N) is 1. The van der Waals surface area contributed by atoms with Crippen LogP contribution in [0.3, 0.4) is 0 Å². The van der Waals surface area contributed by atoms with E-state index in [2.05, 4.69) is 9.97 Å². The lowest BCUT2D eigenvalue weighted by atomic mass is 10.2. The van der Waals surface area contributed by atoms with Crippen molar-refractivity contribution in [2.45, 2.75) is 11.0 Å². The highest BCUT2D eigenvalue weighted by Gasteiger charge is 2.28. The van der Waals surface area contributed by atoms with Gasteiger partial charge < -0.3 is 19.4 Å². The number of aromatic nitrogens is 2. The number of fused-ring (bicyclic) bond motifs is 2. The molecule has 0 unspecified atom stereocenters. The summed E-state index contributed by atoms with van der Waals surface area (Å²) < 4.78 is 38.3. The molecular formula is C17H17N3O5S. The first-order valence-corrected chi connectivity index (χ1v) is 9.44.